The fourth-order valence-corrected chi connectivity index (χ4v) is 4.88. The predicted octanol–water partition coefficient (Wildman–Crippen LogP) is 2.01. The average Bonchev–Trinajstić information content (AvgIpc) is 2.75. The minimum Gasteiger partial charge on any atom is -0.397 e. The normalized spacial score (nSPS) is 20.2. The predicted molar refractivity (Wildman–Crippen MR) is 76.7 cm³/mol. The number of nitrogens with one attached hydrogen (secondary N) is 1. The maximum Gasteiger partial charge on any atom is 0.241 e. The summed E-state index contributed by atoms with van der Waals surface area (Å²) in [5, 5.41) is 0.378. The van der Waals surface area contributed by atoms with Crippen LogP contribution in [0.2, 0.25) is 5.02 Å². The van der Waals surface area contributed by atoms with E-state index in [0.717, 1.165) is 17.9 Å². The Morgan fingerprint density at radius 2 is 2.22 bits per heavy atom. The molecule has 3 N–H and O–H groups in total. The van der Waals surface area contributed by atoms with Crippen molar-refractivity contribution in [1.29, 1.82) is 0 Å². The number of hydrogen-bond donors (Lipinski definition) is 2. The third kappa shape index (κ3) is 2.93. The van der Waals surface area contributed by atoms with Crippen LogP contribution in [0.5, 0.6) is 0 Å². The van der Waals surface area contributed by atoms with Crippen molar-refractivity contribution in [2.24, 2.45) is 0 Å². The summed E-state index contributed by atoms with van der Waals surface area (Å²) in [6.07, 6.45) is 0.867. The van der Waals surface area contributed by atoms with E-state index in [0.29, 0.717) is 10.6 Å². The van der Waals surface area contributed by atoms with Gasteiger partial charge >= 0.3 is 0 Å². The van der Waals surface area contributed by atoms with Crippen molar-refractivity contribution in [2.75, 3.05) is 17.2 Å². The molecule has 0 aromatic heterocycles. The van der Waals surface area contributed by atoms with Crippen LogP contribution < -0.4 is 10.5 Å². The van der Waals surface area contributed by atoms with Crippen LogP contribution in [0.25, 0.3) is 0 Å². The van der Waals surface area contributed by atoms with Gasteiger partial charge in [0.1, 0.15) is 0 Å². The molecule has 1 aromatic carbocycles. The van der Waals surface area contributed by atoms with Gasteiger partial charge in [0.25, 0.3) is 0 Å². The van der Waals surface area contributed by atoms with Gasteiger partial charge in [-0.25, -0.2) is 13.1 Å². The van der Waals surface area contributed by atoms with Gasteiger partial charge in [-0.2, -0.15) is 11.8 Å². The van der Waals surface area contributed by atoms with Crippen LogP contribution in [0.4, 0.5) is 5.69 Å². The summed E-state index contributed by atoms with van der Waals surface area (Å²) in [6, 6.07) is 3.01. The Hall–Kier alpha value is -0.430. The van der Waals surface area contributed by atoms with Gasteiger partial charge in [-0.05, 0) is 36.8 Å². The molecule has 0 bridgehead atoms. The van der Waals surface area contributed by atoms with E-state index in [-0.39, 0.29) is 16.6 Å². The van der Waals surface area contributed by atoms with Crippen LogP contribution in [0.3, 0.4) is 0 Å². The fraction of sp³-hybridized carbons (Fsp3) is 0.455. The molecule has 1 heterocycles. The van der Waals surface area contributed by atoms with Gasteiger partial charge < -0.3 is 5.73 Å². The Labute approximate surface area is 116 Å². The SMILES string of the molecule is Cc1cc(Cl)c(N)cc1S(=O)(=O)NC1CCSC1. The second-order valence-electron chi connectivity index (χ2n) is 4.32. The van der Waals surface area contributed by atoms with Gasteiger partial charge in [0.2, 0.25) is 10.0 Å². The van der Waals surface area contributed by atoms with Crippen LogP contribution in [0.1, 0.15) is 12.0 Å². The summed E-state index contributed by atoms with van der Waals surface area (Å²) >= 11 is 7.62. The Balaban J connectivity index is 2.31. The molecule has 0 radical (unpaired) electrons. The third-order valence-corrected chi connectivity index (χ3v) is 5.99. The summed E-state index contributed by atoms with van der Waals surface area (Å²) < 4.78 is 27.2. The van der Waals surface area contributed by atoms with Crippen LogP contribution >= 0.6 is 23.4 Å². The third-order valence-electron chi connectivity index (χ3n) is 2.84. The number of halogens is 1. The molecular formula is C11H15ClN2O2S2. The van der Waals surface area contributed by atoms with E-state index >= 15 is 0 Å². The van der Waals surface area contributed by atoms with E-state index in [2.05, 4.69) is 4.72 Å². The number of thioether (sulfide) groups is 1. The topological polar surface area (TPSA) is 72.2 Å². The maximum absolute atomic E-state index is 12.3. The van der Waals surface area contributed by atoms with Crippen molar-refractivity contribution >= 4 is 39.1 Å². The molecule has 1 unspecified atom stereocenters. The van der Waals surface area contributed by atoms with Crippen molar-refractivity contribution in [2.45, 2.75) is 24.3 Å². The summed E-state index contributed by atoms with van der Waals surface area (Å²) in [4.78, 5) is 0.210. The first-order valence-electron chi connectivity index (χ1n) is 5.56. The Kier molecular flexibility index (Phi) is 4.11. The number of benzene rings is 1. The molecule has 1 fully saturated rings. The Bertz CT molecular complexity index is 554. The lowest BCUT2D eigenvalue weighted by Crippen LogP contribution is -2.35. The van der Waals surface area contributed by atoms with Crippen molar-refractivity contribution in [1.82, 2.24) is 4.72 Å². The fourth-order valence-electron chi connectivity index (χ4n) is 1.87. The molecule has 0 saturated carbocycles. The van der Waals surface area contributed by atoms with Gasteiger partial charge in [0, 0.05) is 11.8 Å². The quantitative estimate of drug-likeness (QED) is 0.838. The first-order valence-corrected chi connectivity index (χ1v) is 8.57. The maximum atomic E-state index is 12.3. The van der Waals surface area contributed by atoms with Crippen LogP contribution in [-0.2, 0) is 10.0 Å². The largest absolute Gasteiger partial charge is 0.397 e. The highest BCUT2D eigenvalue weighted by Gasteiger charge is 2.25. The van der Waals surface area contributed by atoms with Crippen molar-refractivity contribution in [3.63, 3.8) is 0 Å². The van der Waals surface area contributed by atoms with Crippen LogP contribution in [-0.4, -0.2) is 26.0 Å². The minimum atomic E-state index is -3.52. The number of nitrogen functional groups attached to an aromatic ring is 1. The molecular weight excluding hydrogens is 292 g/mol. The van der Waals surface area contributed by atoms with Crippen molar-refractivity contribution in [3.8, 4) is 0 Å². The van der Waals surface area contributed by atoms with Gasteiger partial charge in [0.15, 0.2) is 0 Å². The molecule has 0 aliphatic carbocycles. The smallest absolute Gasteiger partial charge is 0.241 e. The number of rotatable bonds is 3. The molecule has 100 valence electrons. The van der Waals surface area contributed by atoms with E-state index in [1.54, 1.807) is 24.8 Å². The summed E-state index contributed by atoms with van der Waals surface area (Å²) in [5.41, 5.74) is 6.55. The van der Waals surface area contributed by atoms with Crippen LogP contribution in [0.15, 0.2) is 17.0 Å². The molecule has 4 nitrogen and oxygen atoms in total. The van der Waals surface area contributed by atoms with Crippen molar-refractivity contribution < 1.29 is 8.42 Å². The standard InChI is InChI=1S/C11H15ClN2O2S2/c1-7-4-9(12)10(13)5-11(7)18(15,16)14-8-2-3-17-6-8/h4-5,8,14H,2-3,6,13H2,1H3. The van der Waals surface area contributed by atoms with E-state index in [4.69, 9.17) is 17.3 Å². The number of nitrogens with two attached hydrogens (primary N) is 1. The molecule has 1 aliphatic heterocycles. The zero-order chi connectivity index (χ0) is 13.3. The van der Waals surface area contributed by atoms with Gasteiger partial charge in [-0.1, -0.05) is 11.6 Å². The van der Waals surface area contributed by atoms with Crippen LogP contribution in [0, 0.1) is 6.92 Å². The van der Waals surface area contributed by atoms with Gasteiger partial charge in [-0.15, -0.1) is 0 Å². The van der Waals surface area contributed by atoms with E-state index < -0.39 is 10.0 Å². The summed E-state index contributed by atoms with van der Waals surface area (Å²) in [5.74, 6) is 1.82. The zero-order valence-corrected chi connectivity index (χ0v) is 12.3. The molecule has 2 rings (SSSR count). The molecule has 7 heteroatoms. The monoisotopic (exact) mass is 306 g/mol. The van der Waals surface area contributed by atoms with Crippen molar-refractivity contribution in [3.05, 3.63) is 22.7 Å². The molecule has 1 saturated heterocycles. The molecule has 1 aromatic rings. The van der Waals surface area contributed by atoms with E-state index in [1.165, 1.54) is 6.07 Å². The molecule has 1 aliphatic rings. The average molecular weight is 307 g/mol. The molecule has 0 amide bonds. The second kappa shape index (κ2) is 5.28. The highest BCUT2D eigenvalue weighted by Crippen LogP contribution is 2.27. The lowest BCUT2D eigenvalue weighted by atomic mass is 10.2. The summed E-state index contributed by atoms with van der Waals surface area (Å²) in [7, 11) is -3.52. The van der Waals surface area contributed by atoms with E-state index in [9.17, 15) is 8.42 Å². The lowest BCUT2D eigenvalue weighted by Gasteiger charge is -2.14. The Morgan fingerprint density at radius 3 is 2.83 bits per heavy atom. The minimum absolute atomic E-state index is 0.0105. The van der Waals surface area contributed by atoms with E-state index in [1.807, 2.05) is 0 Å². The summed E-state index contributed by atoms with van der Waals surface area (Å²) in [6.45, 7) is 1.71. The van der Waals surface area contributed by atoms with Gasteiger partial charge in [0.05, 0.1) is 15.6 Å². The first-order chi connectivity index (χ1) is 8.40. The molecule has 1 atom stereocenters. The second-order valence-corrected chi connectivity index (χ2v) is 7.56. The lowest BCUT2D eigenvalue weighted by molar-refractivity contribution is 0.562. The Morgan fingerprint density at radius 1 is 1.50 bits per heavy atom. The highest BCUT2D eigenvalue weighted by atomic mass is 35.5. The number of hydrogen-bond acceptors (Lipinski definition) is 4. The first kappa shape index (κ1) is 14.0. The number of sulfonamides is 1. The number of aryl methyl sites for hydroxylation is 1. The van der Waals surface area contributed by atoms with Gasteiger partial charge in [-0.3, -0.25) is 0 Å². The molecule has 0 spiro atoms. The molecule has 18 heavy (non-hydrogen) atoms. The number of anilines is 1. The highest BCUT2D eigenvalue weighted by molar-refractivity contribution is 7.99. The zero-order valence-electron chi connectivity index (χ0n) is 9.94.